The standard InChI is InChI=1S/C10H18N2OS/c1-7(13-3)4-9(11)5-10-6-14-8(2)12-10/h6-7,9H,4-5,11H2,1-3H3. The molecular formula is C10H18N2OS. The Hall–Kier alpha value is -0.450. The van der Waals surface area contributed by atoms with E-state index in [0.717, 1.165) is 23.5 Å². The molecule has 2 atom stereocenters. The first-order valence-corrected chi connectivity index (χ1v) is 5.69. The van der Waals surface area contributed by atoms with Crippen molar-refractivity contribution in [1.29, 1.82) is 0 Å². The van der Waals surface area contributed by atoms with Crippen LogP contribution in [-0.2, 0) is 11.2 Å². The summed E-state index contributed by atoms with van der Waals surface area (Å²) in [5.74, 6) is 0. The quantitative estimate of drug-likeness (QED) is 0.812. The summed E-state index contributed by atoms with van der Waals surface area (Å²) in [6, 6.07) is 0.145. The average Bonchev–Trinajstić information content (AvgIpc) is 2.50. The van der Waals surface area contributed by atoms with Gasteiger partial charge in [0.2, 0.25) is 0 Å². The number of hydrogen-bond acceptors (Lipinski definition) is 4. The Balaban J connectivity index is 2.37. The molecule has 0 aliphatic carbocycles. The molecule has 2 N–H and O–H groups in total. The van der Waals surface area contributed by atoms with E-state index in [-0.39, 0.29) is 12.1 Å². The highest BCUT2D eigenvalue weighted by Crippen LogP contribution is 2.11. The number of nitrogens with zero attached hydrogens (tertiary/aromatic N) is 1. The summed E-state index contributed by atoms with van der Waals surface area (Å²) in [5, 5.41) is 3.18. The first-order chi connectivity index (χ1) is 6.61. The molecule has 1 aromatic rings. The third-order valence-corrected chi connectivity index (χ3v) is 3.00. The van der Waals surface area contributed by atoms with Crippen LogP contribution in [0.1, 0.15) is 24.0 Å². The number of thiazole rings is 1. The Morgan fingerprint density at radius 2 is 2.36 bits per heavy atom. The second-order valence-electron chi connectivity index (χ2n) is 3.60. The molecule has 80 valence electrons. The summed E-state index contributed by atoms with van der Waals surface area (Å²) < 4.78 is 5.17. The molecular weight excluding hydrogens is 196 g/mol. The number of ether oxygens (including phenoxy) is 1. The van der Waals surface area contributed by atoms with Crippen molar-refractivity contribution in [3.05, 3.63) is 16.1 Å². The van der Waals surface area contributed by atoms with E-state index >= 15 is 0 Å². The molecule has 2 unspecified atom stereocenters. The minimum atomic E-state index is 0.145. The maximum absolute atomic E-state index is 5.98. The van der Waals surface area contributed by atoms with Crippen LogP contribution in [0.3, 0.4) is 0 Å². The zero-order chi connectivity index (χ0) is 10.6. The maximum atomic E-state index is 5.98. The van der Waals surface area contributed by atoms with Gasteiger partial charge < -0.3 is 10.5 Å². The minimum Gasteiger partial charge on any atom is -0.382 e. The zero-order valence-corrected chi connectivity index (χ0v) is 9.80. The Morgan fingerprint density at radius 3 is 2.86 bits per heavy atom. The zero-order valence-electron chi connectivity index (χ0n) is 8.99. The molecule has 0 bridgehead atoms. The van der Waals surface area contributed by atoms with E-state index in [1.165, 1.54) is 0 Å². The fraction of sp³-hybridized carbons (Fsp3) is 0.700. The lowest BCUT2D eigenvalue weighted by Gasteiger charge is -2.14. The predicted molar refractivity (Wildman–Crippen MR) is 59.6 cm³/mol. The van der Waals surface area contributed by atoms with Crippen LogP contribution in [0.2, 0.25) is 0 Å². The summed E-state index contributed by atoms with van der Waals surface area (Å²) in [4.78, 5) is 4.38. The molecule has 0 fully saturated rings. The molecule has 1 heterocycles. The largest absolute Gasteiger partial charge is 0.382 e. The van der Waals surface area contributed by atoms with Gasteiger partial charge in [0.1, 0.15) is 0 Å². The Bertz CT molecular complexity index is 275. The van der Waals surface area contributed by atoms with E-state index in [1.807, 2.05) is 13.8 Å². The van der Waals surface area contributed by atoms with Gasteiger partial charge in [-0.1, -0.05) is 0 Å². The van der Waals surface area contributed by atoms with Crippen molar-refractivity contribution < 1.29 is 4.74 Å². The Labute approximate surface area is 89.3 Å². The van der Waals surface area contributed by atoms with Crippen molar-refractivity contribution in [1.82, 2.24) is 4.98 Å². The second-order valence-corrected chi connectivity index (χ2v) is 4.67. The van der Waals surface area contributed by atoms with Gasteiger partial charge in [0, 0.05) is 25.0 Å². The molecule has 3 nitrogen and oxygen atoms in total. The summed E-state index contributed by atoms with van der Waals surface area (Å²) in [5.41, 5.74) is 7.08. The molecule has 0 aliphatic heterocycles. The number of rotatable bonds is 5. The summed E-state index contributed by atoms with van der Waals surface area (Å²) >= 11 is 1.67. The van der Waals surface area contributed by atoms with E-state index in [1.54, 1.807) is 18.4 Å². The van der Waals surface area contributed by atoms with Crippen molar-refractivity contribution in [3.8, 4) is 0 Å². The van der Waals surface area contributed by atoms with Gasteiger partial charge in [-0.25, -0.2) is 4.98 Å². The summed E-state index contributed by atoms with van der Waals surface area (Å²) in [6.07, 6.45) is 1.95. The molecule has 14 heavy (non-hydrogen) atoms. The number of nitrogens with two attached hydrogens (primary N) is 1. The van der Waals surface area contributed by atoms with E-state index in [2.05, 4.69) is 10.4 Å². The van der Waals surface area contributed by atoms with Crippen molar-refractivity contribution in [3.63, 3.8) is 0 Å². The summed E-state index contributed by atoms with van der Waals surface area (Å²) in [7, 11) is 1.71. The molecule has 0 aromatic carbocycles. The Kier molecular flexibility index (Phi) is 4.51. The highest BCUT2D eigenvalue weighted by Gasteiger charge is 2.10. The highest BCUT2D eigenvalue weighted by molar-refractivity contribution is 7.09. The van der Waals surface area contributed by atoms with E-state index in [4.69, 9.17) is 10.5 Å². The molecule has 0 amide bonds. The maximum Gasteiger partial charge on any atom is 0.0897 e. The topological polar surface area (TPSA) is 48.1 Å². The van der Waals surface area contributed by atoms with Crippen LogP contribution < -0.4 is 5.73 Å². The molecule has 4 heteroatoms. The van der Waals surface area contributed by atoms with Gasteiger partial charge in [-0.3, -0.25) is 0 Å². The molecule has 1 rings (SSSR count). The monoisotopic (exact) mass is 214 g/mol. The molecule has 0 radical (unpaired) electrons. The van der Waals surface area contributed by atoms with E-state index < -0.39 is 0 Å². The smallest absolute Gasteiger partial charge is 0.0897 e. The van der Waals surface area contributed by atoms with Gasteiger partial charge in [0.15, 0.2) is 0 Å². The minimum absolute atomic E-state index is 0.145. The highest BCUT2D eigenvalue weighted by atomic mass is 32.1. The van der Waals surface area contributed by atoms with Crippen molar-refractivity contribution in [2.75, 3.05) is 7.11 Å². The molecule has 0 saturated heterocycles. The number of aromatic nitrogens is 1. The SMILES string of the molecule is COC(C)CC(N)Cc1csc(C)n1. The lowest BCUT2D eigenvalue weighted by molar-refractivity contribution is 0.104. The van der Waals surface area contributed by atoms with Crippen LogP contribution in [0.5, 0.6) is 0 Å². The third-order valence-electron chi connectivity index (χ3n) is 2.17. The third kappa shape index (κ3) is 3.74. The van der Waals surface area contributed by atoms with Crippen LogP contribution in [0.15, 0.2) is 5.38 Å². The number of methoxy groups -OCH3 is 1. The predicted octanol–water partition coefficient (Wildman–Crippen LogP) is 1.75. The van der Waals surface area contributed by atoms with Gasteiger partial charge in [-0.15, -0.1) is 11.3 Å². The first kappa shape index (κ1) is 11.6. The summed E-state index contributed by atoms with van der Waals surface area (Å²) in [6.45, 7) is 4.05. The van der Waals surface area contributed by atoms with Crippen LogP contribution >= 0.6 is 11.3 Å². The lowest BCUT2D eigenvalue weighted by Crippen LogP contribution is -2.28. The molecule has 0 saturated carbocycles. The van der Waals surface area contributed by atoms with Crippen molar-refractivity contribution >= 4 is 11.3 Å². The molecule has 0 aliphatic rings. The average molecular weight is 214 g/mol. The van der Waals surface area contributed by atoms with Crippen molar-refractivity contribution in [2.24, 2.45) is 5.73 Å². The normalized spacial score (nSPS) is 15.4. The number of hydrogen-bond donors (Lipinski definition) is 1. The first-order valence-electron chi connectivity index (χ1n) is 4.81. The lowest BCUT2D eigenvalue weighted by atomic mass is 10.1. The van der Waals surface area contributed by atoms with Gasteiger partial charge in [-0.2, -0.15) is 0 Å². The number of aryl methyl sites for hydroxylation is 1. The molecule has 0 spiro atoms. The van der Waals surface area contributed by atoms with Crippen molar-refractivity contribution in [2.45, 2.75) is 38.8 Å². The van der Waals surface area contributed by atoms with Crippen LogP contribution in [0, 0.1) is 6.92 Å². The second kappa shape index (κ2) is 5.44. The Morgan fingerprint density at radius 1 is 1.64 bits per heavy atom. The van der Waals surface area contributed by atoms with Gasteiger partial charge in [-0.05, 0) is 20.3 Å². The van der Waals surface area contributed by atoms with Crippen LogP contribution in [0.4, 0.5) is 0 Å². The van der Waals surface area contributed by atoms with Gasteiger partial charge in [0.05, 0.1) is 16.8 Å². The van der Waals surface area contributed by atoms with Crippen LogP contribution in [0.25, 0.3) is 0 Å². The van der Waals surface area contributed by atoms with Gasteiger partial charge in [0.25, 0.3) is 0 Å². The van der Waals surface area contributed by atoms with Gasteiger partial charge >= 0.3 is 0 Å². The van der Waals surface area contributed by atoms with E-state index in [9.17, 15) is 0 Å². The fourth-order valence-electron chi connectivity index (χ4n) is 1.38. The van der Waals surface area contributed by atoms with Crippen LogP contribution in [-0.4, -0.2) is 24.2 Å². The van der Waals surface area contributed by atoms with E-state index in [0.29, 0.717) is 0 Å². The fourth-order valence-corrected chi connectivity index (χ4v) is 2.00. The molecule has 1 aromatic heterocycles.